The maximum atomic E-state index is 13.0. The zero-order valence-corrected chi connectivity index (χ0v) is 19.0. The van der Waals surface area contributed by atoms with Crippen molar-refractivity contribution in [3.63, 3.8) is 0 Å². The van der Waals surface area contributed by atoms with Gasteiger partial charge in [-0.3, -0.25) is 4.79 Å². The Morgan fingerprint density at radius 3 is 2.06 bits per heavy atom. The van der Waals surface area contributed by atoms with Crippen LogP contribution in [0.25, 0.3) is 11.1 Å². The molecular formula is C27H26N2O5. The third-order valence-corrected chi connectivity index (χ3v) is 6.34. The summed E-state index contributed by atoms with van der Waals surface area (Å²) in [7, 11) is 0. The van der Waals surface area contributed by atoms with E-state index in [9.17, 15) is 19.5 Å². The summed E-state index contributed by atoms with van der Waals surface area (Å²) in [5.74, 6) is -1.78. The molecule has 34 heavy (non-hydrogen) atoms. The third kappa shape index (κ3) is 4.37. The molecule has 0 spiro atoms. The van der Waals surface area contributed by atoms with Crippen molar-refractivity contribution in [3.8, 4) is 11.1 Å². The molecule has 2 amide bonds. The average Bonchev–Trinajstić information content (AvgIpc) is 3.16. The monoisotopic (exact) mass is 458 g/mol. The second-order valence-electron chi connectivity index (χ2n) is 8.44. The number of rotatable bonds is 7. The molecule has 3 aromatic carbocycles. The number of benzene rings is 3. The van der Waals surface area contributed by atoms with Crippen molar-refractivity contribution in [2.75, 3.05) is 11.9 Å². The first kappa shape index (κ1) is 23.0. The first-order chi connectivity index (χ1) is 16.3. The molecule has 1 aliphatic carbocycles. The van der Waals surface area contributed by atoms with Gasteiger partial charge in [-0.05, 0) is 47.7 Å². The number of hydrogen-bond acceptors (Lipinski definition) is 4. The van der Waals surface area contributed by atoms with E-state index in [0.29, 0.717) is 0 Å². The highest BCUT2D eigenvalue weighted by Crippen LogP contribution is 2.44. The highest BCUT2D eigenvalue weighted by molar-refractivity contribution is 6.04. The molecule has 4 rings (SSSR count). The van der Waals surface area contributed by atoms with E-state index in [2.05, 4.69) is 22.8 Å². The van der Waals surface area contributed by atoms with Crippen LogP contribution in [0.3, 0.4) is 0 Å². The normalized spacial score (nSPS) is 13.8. The topological polar surface area (TPSA) is 105 Å². The van der Waals surface area contributed by atoms with Crippen LogP contribution in [-0.2, 0) is 9.53 Å². The van der Waals surface area contributed by atoms with E-state index >= 15 is 0 Å². The van der Waals surface area contributed by atoms with Crippen LogP contribution in [-0.4, -0.2) is 35.2 Å². The Hall–Kier alpha value is -4.13. The first-order valence-corrected chi connectivity index (χ1v) is 11.1. The molecule has 0 bridgehead atoms. The van der Waals surface area contributed by atoms with Gasteiger partial charge < -0.3 is 20.5 Å². The van der Waals surface area contributed by atoms with E-state index in [1.165, 1.54) is 12.1 Å². The van der Waals surface area contributed by atoms with Gasteiger partial charge in [0.15, 0.2) is 0 Å². The fraction of sp³-hybridized carbons (Fsp3) is 0.222. The van der Waals surface area contributed by atoms with Crippen molar-refractivity contribution in [2.24, 2.45) is 0 Å². The van der Waals surface area contributed by atoms with E-state index in [0.717, 1.165) is 22.3 Å². The fourth-order valence-electron chi connectivity index (χ4n) is 4.20. The minimum Gasteiger partial charge on any atom is -0.478 e. The number of carboxylic acid groups (broad SMARTS) is 1. The van der Waals surface area contributed by atoms with Crippen molar-refractivity contribution in [3.05, 3.63) is 89.5 Å². The number of amides is 2. The van der Waals surface area contributed by atoms with Gasteiger partial charge in [0, 0.05) is 5.92 Å². The third-order valence-electron chi connectivity index (χ3n) is 6.34. The van der Waals surface area contributed by atoms with E-state index in [-0.39, 0.29) is 30.2 Å². The largest absolute Gasteiger partial charge is 0.478 e. The quantitative estimate of drug-likeness (QED) is 0.461. The predicted molar refractivity (Wildman–Crippen MR) is 129 cm³/mol. The molecule has 1 atom stereocenters. The second kappa shape index (κ2) is 9.39. The number of carbonyl (C=O) groups excluding carboxylic acids is 2. The Balaban J connectivity index is 1.45. The van der Waals surface area contributed by atoms with Gasteiger partial charge in [0.05, 0.1) is 11.3 Å². The Kier molecular flexibility index (Phi) is 6.36. The summed E-state index contributed by atoms with van der Waals surface area (Å²) < 4.78 is 5.58. The summed E-state index contributed by atoms with van der Waals surface area (Å²) >= 11 is 0. The highest BCUT2D eigenvalue weighted by Gasteiger charge is 2.35. The Bertz CT molecular complexity index is 1210. The lowest BCUT2D eigenvalue weighted by Gasteiger charge is -2.28. The van der Waals surface area contributed by atoms with E-state index in [1.807, 2.05) is 36.4 Å². The van der Waals surface area contributed by atoms with Crippen molar-refractivity contribution < 1.29 is 24.2 Å². The molecule has 0 radical (unpaired) electrons. The van der Waals surface area contributed by atoms with E-state index in [4.69, 9.17) is 4.74 Å². The number of fused-ring (bicyclic) bond motifs is 3. The van der Waals surface area contributed by atoms with Crippen LogP contribution in [0.4, 0.5) is 10.5 Å². The van der Waals surface area contributed by atoms with E-state index < -0.39 is 23.5 Å². The van der Waals surface area contributed by atoms with Gasteiger partial charge >= 0.3 is 12.1 Å². The van der Waals surface area contributed by atoms with Gasteiger partial charge in [0.2, 0.25) is 5.91 Å². The number of alkyl carbamates (subject to hydrolysis) is 1. The summed E-state index contributed by atoms with van der Waals surface area (Å²) in [6.07, 6.45) is -0.439. The molecule has 1 aliphatic rings. The van der Waals surface area contributed by atoms with Gasteiger partial charge in [-0.2, -0.15) is 0 Å². The highest BCUT2D eigenvalue weighted by atomic mass is 16.5. The standard InChI is InChI=1S/C27H26N2O5/c1-3-27(2,25(32)28-23-15-9-8-14-21(23)24(30)31)29-26(33)34-16-22-19-12-6-4-10-17(19)18-11-5-7-13-20(18)22/h4-15,22H,3,16H2,1-2H3,(H,28,32)(H,29,33)(H,30,31). The molecule has 0 fully saturated rings. The Labute approximate surface area is 197 Å². The van der Waals surface area contributed by atoms with Crippen LogP contribution >= 0.6 is 0 Å². The van der Waals surface area contributed by atoms with Crippen LogP contribution in [0.5, 0.6) is 0 Å². The fourth-order valence-corrected chi connectivity index (χ4v) is 4.20. The number of ether oxygens (including phenoxy) is 1. The number of nitrogens with one attached hydrogen (secondary N) is 2. The van der Waals surface area contributed by atoms with Crippen LogP contribution in [0.1, 0.15) is 47.7 Å². The lowest BCUT2D eigenvalue weighted by Crippen LogP contribution is -2.54. The maximum absolute atomic E-state index is 13.0. The van der Waals surface area contributed by atoms with Gasteiger partial charge in [0.1, 0.15) is 12.1 Å². The molecule has 174 valence electrons. The number of anilines is 1. The minimum absolute atomic E-state index is 0.0320. The minimum atomic E-state index is -1.30. The number of para-hydroxylation sites is 1. The summed E-state index contributed by atoms with van der Waals surface area (Å²) in [5.41, 5.74) is 3.28. The molecular weight excluding hydrogens is 432 g/mol. The van der Waals surface area contributed by atoms with Crippen molar-refractivity contribution in [1.82, 2.24) is 5.32 Å². The van der Waals surface area contributed by atoms with Crippen molar-refractivity contribution in [2.45, 2.75) is 31.7 Å². The van der Waals surface area contributed by atoms with Gasteiger partial charge in [-0.25, -0.2) is 9.59 Å². The molecule has 0 saturated heterocycles. The molecule has 0 aliphatic heterocycles. The molecule has 3 N–H and O–H groups in total. The van der Waals surface area contributed by atoms with Crippen molar-refractivity contribution >= 4 is 23.7 Å². The maximum Gasteiger partial charge on any atom is 0.408 e. The van der Waals surface area contributed by atoms with Crippen LogP contribution in [0.2, 0.25) is 0 Å². The van der Waals surface area contributed by atoms with Crippen LogP contribution < -0.4 is 10.6 Å². The number of aromatic carboxylic acids is 1. The smallest absolute Gasteiger partial charge is 0.408 e. The predicted octanol–water partition coefficient (Wildman–Crippen LogP) is 5.03. The molecule has 7 heteroatoms. The summed E-state index contributed by atoms with van der Waals surface area (Å²) in [5, 5.41) is 14.6. The SMILES string of the molecule is CCC(C)(NC(=O)OCC1c2ccccc2-c2ccccc21)C(=O)Nc1ccccc1C(=O)O. The molecule has 7 nitrogen and oxygen atoms in total. The Morgan fingerprint density at radius 1 is 0.912 bits per heavy atom. The van der Waals surface area contributed by atoms with Gasteiger partial charge in [-0.15, -0.1) is 0 Å². The lowest BCUT2D eigenvalue weighted by atomic mass is 9.97. The molecule has 3 aromatic rings. The van der Waals surface area contributed by atoms with Crippen LogP contribution in [0.15, 0.2) is 72.8 Å². The number of hydrogen-bond donors (Lipinski definition) is 3. The van der Waals surface area contributed by atoms with Gasteiger partial charge in [-0.1, -0.05) is 67.6 Å². The molecule has 0 aromatic heterocycles. The second-order valence-corrected chi connectivity index (χ2v) is 8.44. The van der Waals surface area contributed by atoms with E-state index in [1.54, 1.807) is 26.0 Å². The molecule has 0 saturated carbocycles. The summed E-state index contributed by atoms with van der Waals surface area (Å²) in [6, 6.07) is 22.2. The molecule has 0 heterocycles. The number of carboxylic acids is 1. The zero-order chi connectivity index (χ0) is 24.3. The first-order valence-electron chi connectivity index (χ1n) is 11.1. The zero-order valence-electron chi connectivity index (χ0n) is 19.0. The number of carbonyl (C=O) groups is 3. The van der Waals surface area contributed by atoms with Crippen LogP contribution in [0, 0.1) is 0 Å². The summed E-state index contributed by atoms with van der Waals surface area (Å²) in [4.78, 5) is 37.2. The summed E-state index contributed by atoms with van der Waals surface area (Å²) in [6.45, 7) is 3.46. The Morgan fingerprint density at radius 2 is 1.47 bits per heavy atom. The van der Waals surface area contributed by atoms with Gasteiger partial charge in [0.25, 0.3) is 0 Å². The average molecular weight is 459 g/mol. The lowest BCUT2D eigenvalue weighted by molar-refractivity contribution is -0.121. The molecule has 1 unspecified atom stereocenters. The van der Waals surface area contributed by atoms with Crippen molar-refractivity contribution in [1.29, 1.82) is 0 Å².